The van der Waals surface area contributed by atoms with Crippen LogP contribution in [0.15, 0.2) is 0 Å². The molecule has 2 nitrogen and oxygen atoms in total. The SMILES string of the molecule is C#CC1COSOC1C. The number of rotatable bonds is 0. The van der Waals surface area contributed by atoms with Crippen LogP contribution in [-0.4, -0.2) is 12.7 Å². The van der Waals surface area contributed by atoms with E-state index in [0.29, 0.717) is 6.61 Å². The smallest absolute Gasteiger partial charge is 0.158 e. The fourth-order valence-electron chi connectivity index (χ4n) is 0.577. The highest BCUT2D eigenvalue weighted by molar-refractivity contribution is 7.89. The van der Waals surface area contributed by atoms with Gasteiger partial charge in [-0.3, -0.25) is 8.37 Å². The van der Waals surface area contributed by atoms with Crippen LogP contribution in [0, 0.1) is 18.3 Å². The van der Waals surface area contributed by atoms with Crippen molar-refractivity contribution in [1.29, 1.82) is 0 Å². The van der Waals surface area contributed by atoms with Crippen molar-refractivity contribution in [2.75, 3.05) is 6.61 Å². The van der Waals surface area contributed by atoms with E-state index < -0.39 is 0 Å². The van der Waals surface area contributed by atoms with Crippen LogP contribution in [0.5, 0.6) is 0 Å². The molecule has 9 heavy (non-hydrogen) atoms. The van der Waals surface area contributed by atoms with E-state index in [1.807, 2.05) is 6.92 Å². The van der Waals surface area contributed by atoms with Crippen LogP contribution in [-0.2, 0) is 8.37 Å². The van der Waals surface area contributed by atoms with Crippen LogP contribution >= 0.6 is 12.3 Å². The van der Waals surface area contributed by atoms with E-state index in [0.717, 1.165) is 12.3 Å². The largest absolute Gasteiger partial charge is 0.290 e. The van der Waals surface area contributed by atoms with E-state index in [1.54, 1.807) is 0 Å². The van der Waals surface area contributed by atoms with Gasteiger partial charge in [-0.1, -0.05) is 5.92 Å². The van der Waals surface area contributed by atoms with E-state index in [2.05, 4.69) is 5.92 Å². The summed E-state index contributed by atoms with van der Waals surface area (Å²) in [4.78, 5) is 0. The summed E-state index contributed by atoms with van der Waals surface area (Å²) in [7, 11) is 0. The Morgan fingerprint density at radius 2 is 2.56 bits per heavy atom. The van der Waals surface area contributed by atoms with E-state index >= 15 is 0 Å². The van der Waals surface area contributed by atoms with Gasteiger partial charge in [0.1, 0.15) is 0 Å². The summed E-state index contributed by atoms with van der Waals surface area (Å²) in [6.07, 6.45) is 5.29. The van der Waals surface area contributed by atoms with Crippen molar-refractivity contribution in [3.8, 4) is 12.3 Å². The first-order chi connectivity index (χ1) is 4.34. The van der Waals surface area contributed by atoms with Gasteiger partial charge in [-0.2, -0.15) is 0 Å². The molecular weight excluding hydrogens is 136 g/mol. The van der Waals surface area contributed by atoms with Crippen molar-refractivity contribution in [2.24, 2.45) is 5.92 Å². The van der Waals surface area contributed by atoms with Gasteiger partial charge in [-0.05, 0) is 6.92 Å². The molecule has 0 aromatic heterocycles. The molecule has 0 saturated carbocycles. The molecule has 3 heteroatoms. The summed E-state index contributed by atoms with van der Waals surface area (Å²) in [6, 6.07) is 0. The van der Waals surface area contributed by atoms with Crippen LogP contribution in [0.2, 0.25) is 0 Å². The molecule has 0 amide bonds. The molecule has 1 aliphatic heterocycles. The Morgan fingerprint density at radius 3 is 3.00 bits per heavy atom. The standard InChI is InChI=1S/C6H8O2S/c1-3-6-4-7-9-8-5(6)2/h1,5-6H,4H2,2H3. The molecule has 1 rings (SSSR count). The van der Waals surface area contributed by atoms with Gasteiger partial charge in [-0.25, -0.2) is 0 Å². The molecule has 0 aromatic carbocycles. The van der Waals surface area contributed by atoms with Crippen molar-refractivity contribution in [3.05, 3.63) is 0 Å². The van der Waals surface area contributed by atoms with Crippen LogP contribution < -0.4 is 0 Å². The second-order valence-electron chi connectivity index (χ2n) is 1.93. The summed E-state index contributed by atoms with van der Waals surface area (Å²) in [6.45, 7) is 2.54. The minimum absolute atomic E-state index is 0.117. The van der Waals surface area contributed by atoms with Crippen molar-refractivity contribution in [1.82, 2.24) is 0 Å². The molecule has 2 unspecified atom stereocenters. The van der Waals surface area contributed by atoms with E-state index in [9.17, 15) is 0 Å². The highest BCUT2D eigenvalue weighted by Crippen LogP contribution is 2.22. The van der Waals surface area contributed by atoms with Gasteiger partial charge in [0.2, 0.25) is 0 Å². The molecule has 2 atom stereocenters. The van der Waals surface area contributed by atoms with E-state index in [-0.39, 0.29) is 12.0 Å². The van der Waals surface area contributed by atoms with Gasteiger partial charge in [0.15, 0.2) is 12.3 Å². The van der Waals surface area contributed by atoms with Crippen molar-refractivity contribution in [3.63, 3.8) is 0 Å². The molecular formula is C6H8O2S. The maximum Gasteiger partial charge on any atom is 0.158 e. The monoisotopic (exact) mass is 144 g/mol. The van der Waals surface area contributed by atoms with Crippen molar-refractivity contribution in [2.45, 2.75) is 13.0 Å². The Hall–Kier alpha value is -0.170. The maximum atomic E-state index is 5.17. The van der Waals surface area contributed by atoms with Gasteiger partial charge in [0.05, 0.1) is 18.6 Å². The van der Waals surface area contributed by atoms with Crippen LogP contribution in [0.3, 0.4) is 0 Å². The molecule has 0 radical (unpaired) electrons. The third-order valence-electron chi connectivity index (χ3n) is 1.27. The van der Waals surface area contributed by atoms with Gasteiger partial charge in [0.25, 0.3) is 0 Å². The summed E-state index contributed by atoms with van der Waals surface area (Å²) in [5.74, 6) is 2.71. The lowest BCUT2D eigenvalue weighted by atomic mass is 10.1. The highest BCUT2D eigenvalue weighted by Gasteiger charge is 2.21. The molecule has 0 N–H and O–H groups in total. The van der Waals surface area contributed by atoms with Crippen LogP contribution in [0.4, 0.5) is 0 Å². The fraction of sp³-hybridized carbons (Fsp3) is 0.667. The van der Waals surface area contributed by atoms with E-state index in [1.165, 1.54) is 0 Å². The third kappa shape index (κ3) is 1.62. The van der Waals surface area contributed by atoms with Gasteiger partial charge in [-0.15, -0.1) is 6.42 Å². The Balaban J connectivity index is 2.41. The first-order valence-electron chi connectivity index (χ1n) is 2.75. The second kappa shape index (κ2) is 3.11. The predicted octanol–water partition coefficient (Wildman–Crippen LogP) is 1.23. The summed E-state index contributed by atoms with van der Waals surface area (Å²) in [5, 5.41) is 0. The quantitative estimate of drug-likeness (QED) is 0.376. The average molecular weight is 144 g/mol. The molecule has 0 spiro atoms. The molecule has 1 aliphatic rings. The lowest BCUT2D eigenvalue weighted by molar-refractivity contribution is 0.111. The van der Waals surface area contributed by atoms with Crippen molar-refractivity contribution >= 4 is 12.3 Å². The molecule has 0 aliphatic carbocycles. The Labute approximate surface area is 59.3 Å². The topological polar surface area (TPSA) is 18.5 Å². The number of terminal acetylenes is 1. The molecule has 1 heterocycles. The maximum absolute atomic E-state index is 5.17. The summed E-state index contributed by atoms with van der Waals surface area (Å²) >= 11 is 1.03. The molecule has 0 aromatic rings. The van der Waals surface area contributed by atoms with Crippen LogP contribution in [0.1, 0.15) is 6.92 Å². The first-order valence-corrected chi connectivity index (χ1v) is 3.42. The molecule has 1 saturated heterocycles. The van der Waals surface area contributed by atoms with Crippen LogP contribution in [0.25, 0.3) is 0 Å². The lowest BCUT2D eigenvalue weighted by Crippen LogP contribution is -2.25. The molecule has 0 bridgehead atoms. The van der Waals surface area contributed by atoms with E-state index in [4.69, 9.17) is 14.8 Å². The van der Waals surface area contributed by atoms with Gasteiger partial charge < -0.3 is 0 Å². The first kappa shape index (κ1) is 6.94. The number of hydrogen-bond donors (Lipinski definition) is 0. The van der Waals surface area contributed by atoms with Gasteiger partial charge >= 0.3 is 0 Å². The third-order valence-corrected chi connectivity index (χ3v) is 1.88. The molecule has 1 fully saturated rings. The number of hydrogen-bond acceptors (Lipinski definition) is 3. The average Bonchev–Trinajstić information content (AvgIpc) is 1.89. The Morgan fingerprint density at radius 1 is 1.78 bits per heavy atom. The van der Waals surface area contributed by atoms with Gasteiger partial charge in [0, 0.05) is 0 Å². The van der Waals surface area contributed by atoms with Crippen molar-refractivity contribution < 1.29 is 8.37 Å². The highest BCUT2D eigenvalue weighted by atomic mass is 32.2. The fourth-order valence-corrected chi connectivity index (χ4v) is 1.09. The minimum atomic E-state index is 0.117. The zero-order chi connectivity index (χ0) is 6.69. The molecule has 50 valence electrons. The second-order valence-corrected chi connectivity index (χ2v) is 2.49. The predicted molar refractivity (Wildman–Crippen MR) is 36.4 cm³/mol. The normalized spacial score (nSPS) is 35.6. The summed E-state index contributed by atoms with van der Waals surface area (Å²) in [5.41, 5.74) is 0. The zero-order valence-corrected chi connectivity index (χ0v) is 5.98. The Bertz CT molecular complexity index is 130. The summed E-state index contributed by atoms with van der Waals surface area (Å²) < 4.78 is 9.93. The zero-order valence-electron chi connectivity index (χ0n) is 5.16. The minimum Gasteiger partial charge on any atom is -0.290 e. The Kier molecular flexibility index (Phi) is 2.40. The lowest BCUT2D eigenvalue weighted by Gasteiger charge is -2.22.